The predicted octanol–water partition coefficient (Wildman–Crippen LogP) is 4.14. The van der Waals surface area contributed by atoms with Gasteiger partial charge in [-0.05, 0) is 44.4 Å². The standard InChI is InChI=1S/C23H26N4O2/c1-16-8-10-20(11-9-16)22-25-26-23(29-22)27-14-12-19(13-15-27)21(28)24-17(2)18-6-4-3-5-7-18/h3-11,17,19H,12-15H2,1-2H3,(H,24,28)/t17-/m0/s1. The quantitative estimate of drug-likeness (QED) is 0.709. The van der Waals surface area contributed by atoms with Crippen LogP contribution in [-0.2, 0) is 4.79 Å². The Labute approximate surface area is 170 Å². The van der Waals surface area contributed by atoms with Crippen molar-refractivity contribution >= 4 is 11.9 Å². The molecular weight excluding hydrogens is 364 g/mol. The number of aryl methyl sites for hydroxylation is 1. The maximum absolute atomic E-state index is 12.7. The number of rotatable bonds is 5. The van der Waals surface area contributed by atoms with Gasteiger partial charge in [0.2, 0.25) is 11.8 Å². The van der Waals surface area contributed by atoms with Crippen LogP contribution in [0.15, 0.2) is 59.0 Å². The van der Waals surface area contributed by atoms with Gasteiger partial charge in [0.1, 0.15) is 0 Å². The molecule has 4 rings (SSSR count). The van der Waals surface area contributed by atoms with Gasteiger partial charge in [-0.2, -0.15) is 0 Å². The number of nitrogens with zero attached hydrogens (tertiary/aromatic N) is 3. The van der Waals surface area contributed by atoms with Gasteiger partial charge in [-0.3, -0.25) is 4.79 Å². The van der Waals surface area contributed by atoms with E-state index in [0.717, 1.165) is 37.1 Å². The second-order valence-electron chi connectivity index (χ2n) is 7.66. The minimum absolute atomic E-state index is 0.00902. The molecule has 1 amide bonds. The number of hydrogen-bond donors (Lipinski definition) is 1. The van der Waals surface area contributed by atoms with Crippen LogP contribution in [0.2, 0.25) is 0 Å². The fourth-order valence-corrected chi connectivity index (χ4v) is 3.65. The summed E-state index contributed by atoms with van der Waals surface area (Å²) in [6.07, 6.45) is 1.55. The van der Waals surface area contributed by atoms with E-state index >= 15 is 0 Å². The van der Waals surface area contributed by atoms with Crippen molar-refractivity contribution in [3.63, 3.8) is 0 Å². The van der Waals surface area contributed by atoms with Gasteiger partial charge in [0, 0.05) is 24.6 Å². The predicted molar refractivity (Wildman–Crippen MR) is 112 cm³/mol. The van der Waals surface area contributed by atoms with E-state index in [4.69, 9.17) is 4.42 Å². The number of aromatic nitrogens is 2. The van der Waals surface area contributed by atoms with Crippen LogP contribution in [0.1, 0.15) is 36.9 Å². The molecule has 0 unspecified atom stereocenters. The van der Waals surface area contributed by atoms with E-state index in [0.29, 0.717) is 11.9 Å². The number of carbonyl (C=O) groups is 1. The highest BCUT2D eigenvalue weighted by Crippen LogP contribution is 2.26. The number of amides is 1. The molecule has 150 valence electrons. The van der Waals surface area contributed by atoms with Crippen molar-refractivity contribution in [1.29, 1.82) is 0 Å². The topological polar surface area (TPSA) is 71.3 Å². The van der Waals surface area contributed by atoms with Gasteiger partial charge in [-0.15, -0.1) is 5.10 Å². The molecular formula is C23H26N4O2. The van der Waals surface area contributed by atoms with Gasteiger partial charge in [-0.1, -0.05) is 53.1 Å². The van der Waals surface area contributed by atoms with Crippen molar-refractivity contribution in [2.75, 3.05) is 18.0 Å². The Morgan fingerprint density at radius 1 is 1.07 bits per heavy atom. The van der Waals surface area contributed by atoms with Gasteiger partial charge in [0.15, 0.2) is 0 Å². The summed E-state index contributed by atoms with van der Waals surface area (Å²) in [6, 6.07) is 18.6. The van der Waals surface area contributed by atoms with Crippen LogP contribution in [0.3, 0.4) is 0 Å². The maximum Gasteiger partial charge on any atom is 0.318 e. The molecule has 0 bridgehead atoms. The minimum atomic E-state index is 0.00902. The van der Waals surface area contributed by atoms with Crippen molar-refractivity contribution in [3.05, 3.63) is 65.7 Å². The summed E-state index contributed by atoms with van der Waals surface area (Å²) in [6.45, 7) is 5.53. The van der Waals surface area contributed by atoms with Crippen LogP contribution >= 0.6 is 0 Å². The molecule has 1 aliphatic heterocycles. The van der Waals surface area contributed by atoms with Crippen LogP contribution in [0, 0.1) is 12.8 Å². The van der Waals surface area contributed by atoms with Gasteiger partial charge in [-0.25, -0.2) is 0 Å². The van der Waals surface area contributed by atoms with Crippen molar-refractivity contribution in [2.45, 2.75) is 32.7 Å². The molecule has 29 heavy (non-hydrogen) atoms. The van der Waals surface area contributed by atoms with Crippen molar-refractivity contribution in [1.82, 2.24) is 15.5 Å². The molecule has 2 aromatic carbocycles. The first-order valence-corrected chi connectivity index (χ1v) is 10.1. The first-order valence-electron chi connectivity index (χ1n) is 10.1. The number of piperidine rings is 1. The lowest BCUT2D eigenvalue weighted by Gasteiger charge is -2.30. The summed E-state index contributed by atoms with van der Waals surface area (Å²) in [5, 5.41) is 11.5. The zero-order valence-corrected chi connectivity index (χ0v) is 16.8. The van der Waals surface area contributed by atoms with Crippen molar-refractivity contribution in [2.24, 2.45) is 5.92 Å². The third-order valence-corrected chi connectivity index (χ3v) is 5.51. The number of carbonyl (C=O) groups excluding carboxylic acids is 1. The lowest BCUT2D eigenvalue weighted by atomic mass is 9.95. The molecule has 2 heterocycles. The Bertz CT molecular complexity index is 945. The summed E-state index contributed by atoms with van der Waals surface area (Å²) in [4.78, 5) is 14.7. The van der Waals surface area contributed by atoms with Gasteiger partial charge in [0.05, 0.1) is 6.04 Å². The summed E-state index contributed by atoms with van der Waals surface area (Å²) in [5.41, 5.74) is 3.22. The second-order valence-corrected chi connectivity index (χ2v) is 7.66. The van der Waals surface area contributed by atoms with E-state index in [1.54, 1.807) is 0 Å². The van der Waals surface area contributed by atoms with Crippen LogP contribution in [0.5, 0.6) is 0 Å². The zero-order valence-electron chi connectivity index (χ0n) is 16.8. The fraction of sp³-hybridized carbons (Fsp3) is 0.348. The van der Waals surface area contributed by atoms with E-state index in [1.165, 1.54) is 5.56 Å². The summed E-state index contributed by atoms with van der Waals surface area (Å²) < 4.78 is 5.87. The van der Waals surface area contributed by atoms with E-state index in [-0.39, 0.29) is 17.9 Å². The highest BCUT2D eigenvalue weighted by Gasteiger charge is 2.28. The van der Waals surface area contributed by atoms with Crippen LogP contribution < -0.4 is 10.2 Å². The van der Waals surface area contributed by atoms with Crippen LogP contribution in [-0.4, -0.2) is 29.2 Å². The van der Waals surface area contributed by atoms with E-state index in [1.807, 2.05) is 68.4 Å². The summed E-state index contributed by atoms with van der Waals surface area (Å²) >= 11 is 0. The smallest absolute Gasteiger partial charge is 0.318 e. The number of anilines is 1. The molecule has 1 saturated heterocycles. The highest BCUT2D eigenvalue weighted by atomic mass is 16.4. The highest BCUT2D eigenvalue weighted by molar-refractivity contribution is 5.79. The fourth-order valence-electron chi connectivity index (χ4n) is 3.65. The molecule has 0 saturated carbocycles. The molecule has 3 aromatic rings. The Balaban J connectivity index is 1.32. The maximum atomic E-state index is 12.7. The second kappa shape index (κ2) is 8.47. The molecule has 1 N–H and O–H groups in total. The minimum Gasteiger partial charge on any atom is -0.403 e. The Morgan fingerprint density at radius 2 is 1.76 bits per heavy atom. The van der Waals surface area contributed by atoms with E-state index in [2.05, 4.69) is 20.4 Å². The average molecular weight is 390 g/mol. The molecule has 1 aliphatic rings. The van der Waals surface area contributed by atoms with Crippen molar-refractivity contribution < 1.29 is 9.21 Å². The molecule has 0 spiro atoms. The molecule has 1 aromatic heterocycles. The lowest BCUT2D eigenvalue weighted by Crippen LogP contribution is -2.41. The molecule has 0 aliphatic carbocycles. The van der Waals surface area contributed by atoms with Gasteiger partial charge in [0.25, 0.3) is 0 Å². The van der Waals surface area contributed by atoms with Crippen LogP contribution in [0.4, 0.5) is 6.01 Å². The van der Waals surface area contributed by atoms with E-state index in [9.17, 15) is 4.79 Å². The first kappa shape index (κ1) is 19.2. The van der Waals surface area contributed by atoms with Gasteiger partial charge >= 0.3 is 6.01 Å². The third kappa shape index (κ3) is 4.47. The lowest BCUT2D eigenvalue weighted by molar-refractivity contribution is -0.126. The van der Waals surface area contributed by atoms with E-state index < -0.39 is 0 Å². The molecule has 0 radical (unpaired) electrons. The van der Waals surface area contributed by atoms with Crippen molar-refractivity contribution in [3.8, 4) is 11.5 Å². The van der Waals surface area contributed by atoms with Crippen LogP contribution in [0.25, 0.3) is 11.5 Å². The number of benzene rings is 2. The Morgan fingerprint density at radius 3 is 2.45 bits per heavy atom. The SMILES string of the molecule is Cc1ccc(-c2nnc(N3CCC(C(=O)N[C@@H](C)c4ccccc4)CC3)o2)cc1. The normalized spacial score (nSPS) is 15.9. The molecule has 6 heteroatoms. The number of nitrogens with one attached hydrogen (secondary N) is 1. The third-order valence-electron chi connectivity index (χ3n) is 5.51. The summed E-state index contributed by atoms with van der Waals surface area (Å²) in [7, 11) is 0. The number of hydrogen-bond acceptors (Lipinski definition) is 5. The largest absolute Gasteiger partial charge is 0.403 e. The molecule has 1 atom stereocenters. The summed E-state index contributed by atoms with van der Waals surface area (Å²) in [5.74, 6) is 0.653. The first-order chi connectivity index (χ1) is 14.1. The average Bonchev–Trinajstić information content (AvgIpc) is 3.25. The Kier molecular flexibility index (Phi) is 5.60. The molecule has 6 nitrogen and oxygen atoms in total. The monoisotopic (exact) mass is 390 g/mol. The molecule has 1 fully saturated rings. The van der Waals surface area contributed by atoms with Gasteiger partial charge < -0.3 is 14.6 Å². The Hall–Kier alpha value is -3.15. The zero-order chi connectivity index (χ0) is 20.2.